The van der Waals surface area contributed by atoms with E-state index in [1.807, 2.05) is 12.5 Å². The van der Waals surface area contributed by atoms with E-state index in [0.29, 0.717) is 33.4 Å². The van der Waals surface area contributed by atoms with Gasteiger partial charge in [-0.05, 0) is 77.5 Å². The predicted octanol–water partition coefficient (Wildman–Crippen LogP) is 9.70. The summed E-state index contributed by atoms with van der Waals surface area (Å²) >= 11 is 0. The first kappa shape index (κ1) is 25.8. The molecule has 2 aliphatic carbocycles. The van der Waals surface area contributed by atoms with E-state index < -0.39 is 8.32 Å². The van der Waals surface area contributed by atoms with Crippen LogP contribution in [0, 0.1) is 22.7 Å². The summed E-state index contributed by atoms with van der Waals surface area (Å²) in [6.45, 7) is 26.6. The van der Waals surface area contributed by atoms with E-state index in [2.05, 4.69) is 75.0 Å². The van der Waals surface area contributed by atoms with Crippen LogP contribution in [0.4, 0.5) is 0 Å². The van der Waals surface area contributed by atoms with Crippen molar-refractivity contribution in [2.75, 3.05) is 0 Å². The van der Waals surface area contributed by atoms with Gasteiger partial charge in [0.25, 0.3) is 0 Å². The molecule has 0 radical (unpaired) electrons. The quantitative estimate of drug-likeness (QED) is 0.286. The molecule has 1 aromatic heterocycles. The van der Waals surface area contributed by atoms with Crippen molar-refractivity contribution in [2.24, 2.45) is 22.7 Å². The van der Waals surface area contributed by atoms with Crippen LogP contribution in [0.5, 0.6) is 0 Å². The fourth-order valence-electron chi connectivity index (χ4n) is 8.29. The molecular weight excluding hydrogens is 408 g/mol. The maximum atomic E-state index is 7.43. The van der Waals surface area contributed by atoms with E-state index in [1.165, 1.54) is 43.2 Å². The van der Waals surface area contributed by atoms with E-state index in [-0.39, 0.29) is 6.10 Å². The lowest BCUT2D eigenvalue weighted by Crippen LogP contribution is -2.51. The van der Waals surface area contributed by atoms with Gasteiger partial charge in [0.05, 0.1) is 18.6 Å². The molecule has 0 bridgehead atoms. The number of rotatable bonds is 8. The first-order valence-corrected chi connectivity index (χ1v) is 15.4. The molecule has 1 aromatic rings. The van der Waals surface area contributed by atoms with Gasteiger partial charge in [0.2, 0.25) is 8.32 Å². The molecule has 0 saturated heterocycles. The Kier molecular flexibility index (Phi) is 7.62. The monoisotopic (exact) mass is 458 g/mol. The first-order chi connectivity index (χ1) is 14.9. The van der Waals surface area contributed by atoms with Crippen molar-refractivity contribution >= 4 is 8.32 Å². The number of hydrogen-bond donors (Lipinski definition) is 0. The molecule has 2 fully saturated rings. The second-order valence-electron chi connectivity index (χ2n) is 12.9. The first-order valence-electron chi connectivity index (χ1n) is 13.2. The van der Waals surface area contributed by atoms with Crippen molar-refractivity contribution in [2.45, 2.75) is 124 Å². The molecule has 3 rings (SSSR count). The maximum Gasteiger partial charge on any atom is 0.201 e. The minimum atomic E-state index is -2.02. The average molecular weight is 459 g/mol. The fraction of sp³-hybridized carbons (Fsp3) is 0.793. The van der Waals surface area contributed by atoms with Gasteiger partial charge in [-0.15, -0.1) is 0 Å². The topological polar surface area (TPSA) is 22.4 Å². The van der Waals surface area contributed by atoms with Gasteiger partial charge in [-0.3, -0.25) is 0 Å². The summed E-state index contributed by atoms with van der Waals surface area (Å²) in [4.78, 5) is 0. The summed E-state index contributed by atoms with van der Waals surface area (Å²) in [5.41, 5.74) is 5.14. The van der Waals surface area contributed by atoms with E-state index in [1.54, 1.807) is 0 Å². The van der Waals surface area contributed by atoms with Gasteiger partial charge < -0.3 is 8.84 Å². The smallest absolute Gasteiger partial charge is 0.201 e. The number of fused-ring (bicyclic) bond motifs is 1. The highest BCUT2D eigenvalue weighted by molar-refractivity contribution is 6.77. The maximum absolute atomic E-state index is 7.43. The fourth-order valence-corrected chi connectivity index (χ4v) is 13.8. The second-order valence-corrected chi connectivity index (χ2v) is 18.3. The van der Waals surface area contributed by atoms with Gasteiger partial charge in [-0.25, -0.2) is 0 Å². The van der Waals surface area contributed by atoms with Crippen LogP contribution in [-0.2, 0) is 4.43 Å². The Morgan fingerprint density at radius 1 is 1.06 bits per heavy atom. The molecular formula is C29H50O2Si. The largest absolute Gasteiger partial charge is 0.472 e. The van der Waals surface area contributed by atoms with Crippen molar-refractivity contribution < 1.29 is 8.84 Å². The molecule has 0 unspecified atom stereocenters. The highest BCUT2D eigenvalue weighted by atomic mass is 28.4. The molecule has 1 heterocycles. The van der Waals surface area contributed by atoms with Crippen molar-refractivity contribution in [1.82, 2.24) is 0 Å². The molecule has 0 amide bonds. The lowest BCUT2D eigenvalue weighted by molar-refractivity contribution is -0.0630. The van der Waals surface area contributed by atoms with Gasteiger partial charge in [-0.1, -0.05) is 80.9 Å². The Labute approximate surface area is 199 Å². The Hall–Kier alpha value is -0.803. The zero-order valence-electron chi connectivity index (χ0n) is 22.5. The van der Waals surface area contributed by atoms with Crippen molar-refractivity contribution in [3.8, 4) is 0 Å². The molecule has 2 saturated carbocycles. The lowest BCUT2D eigenvalue weighted by Gasteiger charge is -2.58. The SMILES string of the molecule is C=C1CC[C@H]2C(C)(C)CCC[C@]2(C)[C@@H]1C[C@H](O[Si](C(C)C)(C(C)C)C(C)C)c1ccoc1. The third kappa shape index (κ3) is 4.45. The minimum Gasteiger partial charge on any atom is -0.472 e. The Morgan fingerprint density at radius 3 is 2.22 bits per heavy atom. The third-order valence-corrected chi connectivity index (χ3v) is 15.8. The molecule has 2 nitrogen and oxygen atoms in total. The van der Waals surface area contributed by atoms with Crippen LogP contribution in [0.2, 0.25) is 16.6 Å². The molecule has 2 aliphatic rings. The summed E-state index contributed by atoms with van der Waals surface area (Å²) in [5.74, 6) is 1.28. The molecule has 0 aliphatic heterocycles. The van der Waals surface area contributed by atoms with Gasteiger partial charge in [-0.2, -0.15) is 0 Å². The molecule has 0 N–H and O–H groups in total. The normalized spacial score (nSPS) is 29.6. The third-order valence-electron chi connectivity index (χ3n) is 9.74. The minimum absolute atomic E-state index is 0.0926. The van der Waals surface area contributed by atoms with E-state index in [0.717, 1.165) is 12.3 Å². The lowest BCUT2D eigenvalue weighted by atomic mass is 9.47. The van der Waals surface area contributed by atoms with Gasteiger partial charge in [0, 0.05) is 5.56 Å². The standard InChI is InChI=1S/C29H50O2Si/c1-20(2)32(21(3)4,22(5)6)31-26(24-14-17-30-19-24)18-25-23(7)12-13-27-28(8,9)15-11-16-29(25,27)10/h14,17,19-22,25-27H,7,11-13,15-16,18H2,1-6,8-10H3/t25-,26+,27+,29-/m1/s1. The van der Waals surface area contributed by atoms with Crippen LogP contribution in [0.3, 0.4) is 0 Å². The van der Waals surface area contributed by atoms with Gasteiger partial charge in [0.15, 0.2) is 0 Å². The molecule has 3 heteroatoms. The number of allylic oxidation sites excluding steroid dienone is 1. The Bertz CT molecular complexity index is 738. The molecule has 4 atom stereocenters. The van der Waals surface area contributed by atoms with Gasteiger partial charge in [0.1, 0.15) is 0 Å². The van der Waals surface area contributed by atoms with Crippen LogP contribution < -0.4 is 0 Å². The summed E-state index contributed by atoms with van der Waals surface area (Å²) < 4.78 is 13.0. The van der Waals surface area contributed by atoms with Crippen LogP contribution >= 0.6 is 0 Å². The second kappa shape index (κ2) is 9.45. The highest BCUT2D eigenvalue weighted by Gasteiger charge is 2.54. The summed E-state index contributed by atoms with van der Waals surface area (Å²) in [7, 11) is -2.02. The zero-order valence-corrected chi connectivity index (χ0v) is 23.5. The summed E-state index contributed by atoms with van der Waals surface area (Å²) in [5, 5.41) is 0. The number of hydrogen-bond acceptors (Lipinski definition) is 2. The summed E-state index contributed by atoms with van der Waals surface area (Å²) in [6, 6.07) is 2.14. The molecule has 0 spiro atoms. The van der Waals surface area contributed by atoms with E-state index in [4.69, 9.17) is 8.84 Å². The molecule has 0 aromatic carbocycles. The van der Waals surface area contributed by atoms with E-state index in [9.17, 15) is 0 Å². The zero-order chi connectivity index (χ0) is 23.9. The number of furan rings is 1. The van der Waals surface area contributed by atoms with Gasteiger partial charge >= 0.3 is 0 Å². The summed E-state index contributed by atoms with van der Waals surface area (Å²) in [6.07, 6.45) is 11.4. The van der Waals surface area contributed by atoms with Crippen molar-refractivity contribution in [1.29, 1.82) is 0 Å². The van der Waals surface area contributed by atoms with Crippen LogP contribution in [0.1, 0.15) is 113 Å². The average Bonchev–Trinajstić information content (AvgIpc) is 3.20. The van der Waals surface area contributed by atoms with Crippen LogP contribution in [-0.4, -0.2) is 8.32 Å². The predicted molar refractivity (Wildman–Crippen MR) is 139 cm³/mol. The molecule has 182 valence electrons. The van der Waals surface area contributed by atoms with E-state index >= 15 is 0 Å². The van der Waals surface area contributed by atoms with Crippen LogP contribution in [0.25, 0.3) is 0 Å². The Morgan fingerprint density at radius 2 is 1.69 bits per heavy atom. The van der Waals surface area contributed by atoms with Crippen molar-refractivity contribution in [3.63, 3.8) is 0 Å². The highest BCUT2D eigenvalue weighted by Crippen LogP contribution is 2.62. The Balaban J connectivity index is 1.99. The van der Waals surface area contributed by atoms with Crippen LogP contribution in [0.15, 0.2) is 35.2 Å². The van der Waals surface area contributed by atoms with Crippen molar-refractivity contribution in [3.05, 3.63) is 36.3 Å². The molecule has 32 heavy (non-hydrogen) atoms.